The van der Waals surface area contributed by atoms with E-state index >= 15 is 0 Å². The van der Waals surface area contributed by atoms with Crippen molar-refractivity contribution in [2.24, 2.45) is 11.8 Å². The Morgan fingerprint density at radius 3 is 2.84 bits per heavy atom. The van der Waals surface area contributed by atoms with Crippen molar-refractivity contribution in [1.82, 2.24) is 9.80 Å². The van der Waals surface area contributed by atoms with Gasteiger partial charge in [0.2, 0.25) is 0 Å². The van der Waals surface area contributed by atoms with Crippen LogP contribution in [0.2, 0.25) is 0 Å². The SMILES string of the molecule is CC(C)COC(=O)N1CCCC2CC(N3CCC4(CC3)CNc3ccc(F)cc34)CC21. The number of rotatable bonds is 3. The van der Waals surface area contributed by atoms with Crippen LogP contribution in [0.5, 0.6) is 0 Å². The fourth-order valence-corrected chi connectivity index (χ4v) is 6.53. The molecule has 3 atom stereocenters. The van der Waals surface area contributed by atoms with Crippen molar-refractivity contribution in [3.63, 3.8) is 0 Å². The largest absolute Gasteiger partial charge is 0.449 e. The summed E-state index contributed by atoms with van der Waals surface area (Å²) in [6.07, 6.45) is 6.60. The molecule has 0 radical (unpaired) electrons. The number of carbonyl (C=O) groups excluding carboxylic acids is 1. The molecule has 0 aromatic heterocycles. The molecule has 5 nitrogen and oxygen atoms in total. The standard InChI is InChI=1S/C25H36FN3O2/c1-17(2)15-31-24(30)29-9-3-4-18-12-20(14-23(18)29)28-10-7-25(8-11-28)16-27-22-6-5-19(26)13-21(22)25/h5-6,13,17-18,20,23,27H,3-4,7-12,14-16H2,1-2H3. The smallest absolute Gasteiger partial charge is 0.410 e. The molecule has 31 heavy (non-hydrogen) atoms. The predicted octanol–water partition coefficient (Wildman–Crippen LogP) is 4.62. The summed E-state index contributed by atoms with van der Waals surface area (Å²) in [7, 11) is 0. The van der Waals surface area contributed by atoms with Gasteiger partial charge in [-0.3, -0.25) is 0 Å². The number of nitrogens with zero attached hydrogens (tertiary/aromatic N) is 2. The van der Waals surface area contributed by atoms with Gasteiger partial charge in [0.25, 0.3) is 0 Å². The molecule has 1 aliphatic carbocycles. The Morgan fingerprint density at radius 1 is 1.26 bits per heavy atom. The number of hydrogen-bond donors (Lipinski definition) is 1. The van der Waals surface area contributed by atoms with E-state index in [1.807, 2.05) is 11.0 Å². The highest BCUT2D eigenvalue weighted by Gasteiger charge is 2.47. The lowest BCUT2D eigenvalue weighted by Gasteiger charge is -2.42. The minimum atomic E-state index is -0.131. The molecule has 1 aromatic rings. The number of nitrogens with one attached hydrogen (secondary N) is 1. The van der Waals surface area contributed by atoms with Crippen molar-refractivity contribution in [1.29, 1.82) is 0 Å². The molecule has 0 bridgehead atoms. The van der Waals surface area contributed by atoms with Crippen molar-refractivity contribution < 1.29 is 13.9 Å². The number of fused-ring (bicyclic) bond motifs is 3. The Morgan fingerprint density at radius 2 is 2.06 bits per heavy atom. The summed E-state index contributed by atoms with van der Waals surface area (Å²) in [6.45, 7) is 8.52. The average Bonchev–Trinajstić information content (AvgIpc) is 3.35. The summed E-state index contributed by atoms with van der Waals surface area (Å²) in [4.78, 5) is 17.4. The van der Waals surface area contributed by atoms with Gasteiger partial charge in [-0.2, -0.15) is 0 Å². The van der Waals surface area contributed by atoms with E-state index in [2.05, 4.69) is 24.1 Å². The van der Waals surface area contributed by atoms with E-state index in [1.54, 1.807) is 12.1 Å². The lowest BCUT2D eigenvalue weighted by atomic mass is 9.74. The third-order valence-electron chi connectivity index (χ3n) is 8.22. The molecule has 1 spiro atoms. The van der Waals surface area contributed by atoms with Gasteiger partial charge in [0.1, 0.15) is 5.82 Å². The molecule has 3 aliphatic heterocycles. The highest BCUT2D eigenvalue weighted by Crippen LogP contribution is 2.46. The molecule has 6 heteroatoms. The summed E-state index contributed by atoms with van der Waals surface area (Å²) in [5.74, 6) is 0.836. The Bertz CT molecular complexity index is 821. The number of piperidine rings is 2. The zero-order valence-corrected chi connectivity index (χ0v) is 18.9. The number of likely N-dealkylation sites (tertiary alicyclic amines) is 2. The molecule has 3 unspecified atom stereocenters. The molecule has 1 aromatic carbocycles. The third-order valence-corrected chi connectivity index (χ3v) is 8.22. The first-order valence-corrected chi connectivity index (χ1v) is 12.2. The number of benzene rings is 1. The Kier molecular flexibility index (Phi) is 5.61. The Hall–Kier alpha value is -1.82. The maximum atomic E-state index is 13.9. The van der Waals surface area contributed by atoms with E-state index in [4.69, 9.17) is 4.74 Å². The number of halogens is 1. The van der Waals surface area contributed by atoms with Crippen LogP contribution in [0.4, 0.5) is 14.9 Å². The van der Waals surface area contributed by atoms with E-state index in [9.17, 15) is 9.18 Å². The van der Waals surface area contributed by atoms with Gasteiger partial charge in [-0.15, -0.1) is 0 Å². The monoisotopic (exact) mass is 429 g/mol. The molecule has 4 aliphatic rings. The highest BCUT2D eigenvalue weighted by atomic mass is 19.1. The maximum Gasteiger partial charge on any atom is 0.410 e. The predicted molar refractivity (Wildman–Crippen MR) is 120 cm³/mol. The molecular weight excluding hydrogens is 393 g/mol. The summed E-state index contributed by atoms with van der Waals surface area (Å²) in [5, 5.41) is 3.51. The van der Waals surface area contributed by atoms with Crippen LogP contribution in [0.15, 0.2) is 18.2 Å². The Labute approximate surface area is 185 Å². The molecular formula is C25H36FN3O2. The van der Waals surface area contributed by atoms with Gasteiger partial charge in [0.05, 0.1) is 6.61 Å². The van der Waals surface area contributed by atoms with Crippen molar-refractivity contribution in [3.8, 4) is 0 Å². The molecule has 2 saturated heterocycles. The molecule has 1 amide bonds. The normalized spacial score (nSPS) is 29.7. The summed E-state index contributed by atoms with van der Waals surface area (Å²) in [6, 6.07) is 6.07. The van der Waals surface area contributed by atoms with Gasteiger partial charge in [0, 0.05) is 36.3 Å². The van der Waals surface area contributed by atoms with Crippen LogP contribution in [-0.4, -0.2) is 60.8 Å². The minimum Gasteiger partial charge on any atom is -0.449 e. The van der Waals surface area contributed by atoms with Crippen LogP contribution in [0.3, 0.4) is 0 Å². The topological polar surface area (TPSA) is 44.8 Å². The molecule has 170 valence electrons. The van der Waals surface area contributed by atoms with Gasteiger partial charge in [-0.05, 0) is 87.2 Å². The van der Waals surface area contributed by atoms with Crippen molar-refractivity contribution in [2.75, 3.05) is 38.1 Å². The number of hydrogen-bond acceptors (Lipinski definition) is 4. The lowest BCUT2D eigenvalue weighted by Crippen LogP contribution is -2.48. The quantitative estimate of drug-likeness (QED) is 0.762. The van der Waals surface area contributed by atoms with E-state index in [1.165, 1.54) is 18.4 Å². The highest BCUT2D eigenvalue weighted by molar-refractivity contribution is 5.68. The first-order valence-electron chi connectivity index (χ1n) is 12.2. The summed E-state index contributed by atoms with van der Waals surface area (Å²) >= 11 is 0. The van der Waals surface area contributed by atoms with Gasteiger partial charge in [0.15, 0.2) is 0 Å². The number of carbonyl (C=O) groups is 1. The van der Waals surface area contributed by atoms with Crippen molar-refractivity contribution in [3.05, 3.63) is 29.6 Å². The van der Waals surface area contributed by atoms with Crippen LogP contribution in [-0.2, 0) is 10.2 Å². The van der Waals surface area contributed by atoms with E-state index in [0.717, 1.165) is 57.5 Å². The van der Waals surface area contributed by atoms with E-state index in [-0.39, 0.29) is 17.3 Å². The second kappa shape index (κ2) is 8.27. The summed E-state index contributed by atoms with van der Waals surface area (Å²) in [5.41, 5.74) is 2.36. The van der Waals surface area contributed by atoms with E-state index in [0.29, 0.717) is 30.5 Å². The zero-order chi connectivity index (χ0) is 21.6. The van der Waals surface area contributed by atoms with Crippen LogP contribution >= 0.6 is 0 Å². The summed E-state index contributed by atoms with van der Waals surface area (Å²) < 4.78 is 19.5. The molecule has 3 fully saturated rings. The number of amides is 1. The fraction of sp³-hybridized carbons (Fsp3) is 0.720. The van der Waals surface area contributed by atoms with Crippen LogP contribution in [0.25, 0.3) is 0 Å². The molecule has 5 rings (SSSR count). The average molecular weight is 430 g/mol. The maximum absolute atomic E-state index is 13.9. The number of ether oxygens (including phenoxy) is 1. The van der Waals surface area contributed by atoms with Crippen LogP contribution in [0.1, 0.15) is 57.9 Å². The van der Waals surface area contributed by atoms with Gasteiger partial charge in [-0.1, -0.05) is 13.8 Å². The Balaban J connectivity index is 1.22. The van der Waals surface area contributed by atoms with Crippen LogP contribution < -0.4 is 5.32 Å². The third kappa shape index (κ3) is 3.92. The second-order valence-corrected chi connectivity index (χ2v) is 10.6. The first kappa shape index (κ1) is 21.0. The van der Waals surface area contributed by atoms with Crippen molar-refractivity contribution in [2.45, 2.75) is 69.9 Å². The molecule has 3 heterocycles. The second-order valence-electron chi connectivity index (χ2n) is 10.6. The van der Waals surface area contributed by atoms with Crippen molar-refractivity contribution >= 4 is 11.8 Å². The van der Waals surface area contributed by atoms with Crippen LogP contribution in [0, 0.1) is 17.7 Å². The van der Waals surface area contributed by atoms with Gasteiger partial charge >= 0.3 is 6.09 Å². The minimum absolute atomic E-state index is 0.0754. The molecule has 1 saturated carbocycles. The first-order chi connectivity index (χ1) is 14.9. The fourth-order valence-electron chi connectivity index (χ4n) is 6.53. The zero-order valence-electron chi connectivity index (χ0n) is 18.9. The lowest BCUT2D eigenvalue weighted by molar-refractivity contribution is 0.0539. The van der Waals surface area contributed by atoms with Gasteiger partial charge in [-0.25, -0.2) is 9.18 Å². The molecule has 1 N–H and O–H groups in total. The van der Waals surface area contributed by atoms with Gasteiger partial charge < -0.3 is 19.9 Å². The van der Waals surface area contributed by atoms with E-state index < -0.39 is 0 Å². The number of anilines is 1.